The fourth-order valence-electron chi connectivity index (χ4n) is 4.74. The van der Waals surface area contributed by atoms with Crippen LogP contribution in [0.15, 0.2) is 83.4 Å². The molecule has 0 bridgehead atoms. The second-order valence-electron chi connectivity index (χ2n) is 9.28. The summed E-state index contributed by atoms with van der Waals surface area (Å²) in [6, 6.07) is 24.2. The molecule has 1 saturated heterocycles. The number of aromatic nitrogens is 2. The molecule has 0 saturated carbocycles. The van der Waals surface area contributed by atoms with E-state index in [0.29, 0.717) is 23.8 Å². The van der Waals surface area contributed by atoms with Crippen LogP contribution in [0.2, 0.25) is 0 Å². The van der Waals surface area contributed by atoms with Gasteiger partial charge in [0, 0.05) is 11.5 Å². The van der Waals surface area contributed by atoms with Crippen molar-refractivity contribution in [3.05, 3.63) is 107 Å². The lowest BCUT2D eigenvalue weighted by Crippen LogP contribution is -2.41. The molecular weight excluding hydrogens is 455 g/mol. The Morgan fingerprint density at radius 2 is 1.72 bits per heavy atom. The highest BCUT2D eigenvalue weighted by molar-refractivity contribution is 5.79. The Balaban J connectivity index is 1.19. The molecule has 184 valence electrons. The van der Waals surface area contributed by atoms with Gasteiger partial charge >= 0.3 is 0 Å². The Kier molecular flexibility index (Phi) is 7.18. The Labute approximate surface area is 210 Å². The molecular formula is C29H29FN4O2. The number of amides is 1. The summed E-state index contributed by atoms with van der Waals surface area (Å²) in [5.74, 6) is 0.698. The maximum absolute atomic E-state index is 13.3. The summed E-state index contributed by atoms with van der Waals surface area (Å²) in [4.78, 5) is 20.0. The van der Waals surface area contributed by atoms with Gasteiger partial charge in [0.25, 0.3) is 0 Å². The number of halogens is 1. The van der Waals surface area contributed by atoms with Crippen molar-refractivity contribution in [2.75, 3.05) is 13.1 Å². The monoisotopic (exact) mass is 484 g/mol. The third-order valence-corrected chi connectivity index (χ3v) is 6.81. The normalized spacial score (nSPS) is 15.5. The van der Waals surface area contributed by atoms with E-state index in [9.17, 15) is 9.18 Å². The van der Waals surface area contributed by atoms with Crippen LogP contribution in [-0.4, -0.2) is 34.0 Å². The van der Waals surface area contributed by atoms with Crippen molar-refractivity contribution in [1.82, 2.24) is 20.4 Å². The summed E-state index contributed by atoms with van der Waals surface area (Å²) < 4.78 is 18.6. The number of hydrogen-bond donors (Lipinski definition) is 1. The lowest BCUT2D eigenvalue weighted by molar-refractivity contribution is -0.127. The van der Waals surface area contributed by atoms with Gasteiger partial charge in [-0.05, 0) is 73.8 Å². The quantitative estimate of drug-likeness (QED) is 0.385. The first-order valence-corrected chi connectivity index (χ1v) is 12.3. The van der Waals surface area contributed by atoms with Crippen LogP contribution in [0.3, 0.4) is 0 Å². The second kappa shape index (κ2) is 10.8. The SMILES string of the molecule is Cc1ccccc1C(NC(=O)C1CCN(Cc2nc(-c3ccc(F)cc3)no2)CC1)c1ccccc1. The standard InChI is InChI=1S/C29H29FN4O2/c1-20-7-5-6-10-25(20)27(21-8-3-2-4-9-21)32-29(35)23-15-17-34(18-16-23)19-26-31-28(33-36-26)22-11-13-24(30)14-12-22/h2-14,23,27H,15-19H2,1H3,(H,32,35). The van der Waals surface area contributed by atoms with Crippen LogP contribution in [-0.2, 0) is 11.3 Å². The molecule has 7 heteroatoms. The van der Waals surface area contributed by atoms with E-state index in [4.69, 9.17) is 4.52 Å². The number of hydrogen-bond acceptors (Lipinski definition) is 5. The molecule has 3 aromatic carbocycles. The maximum atomic E-state index is 13.3. The lowest BCUT2D eigenvalue weighted by Gasteiger charge is -2.31. The summed E-state index contributed by atoms with van der Waals surface area (Å²) in [5.41, 5.74) is 4.05. The number of carbonyl (C=O) groups excluding carboxylic acids is 1. The average molecular weight is 485 g/mol. The van der Waals surface area contributed by atoms with Crippen LogP contribution < -0.4 is 5.32 Å². The minimum Gasteiger partial charge on any atom is -0.345 e. The van der Waals surface area contributed by atoms with Gasteiger partial charge in [-0.3, -0.25) is 9.69 Å². The van der Waals surface area contributed by atoms with Crippen LogP contribution in [0, 0.1) is 18.7 Å². The van der Waals surface area contributed by atoms with Crippen molar-refractivity contribution in [3.63, 3.8) is 0 Å². The van der Waals surface area contributed by atoms with Gasteiger partial charge in [-0.1, -0.05) is 59.8 Å². The van der Waals surface area contributed by atoms with Crippen molar-refractivity contribution in [1.29, 1.82) is 0 Å². The number of carbonyl (C=O) groups is 1. The molecule has 6 nitrogen and oxygen atoms in total. The van der Waals surface area contributed by atoms with Gasteiger partial charge < -0.3 is 9.84 Å². The summed E-state index contributed by atoms with van der Waals surface area (Å²) in [6.45, 7) is 4.15. The molecule has 1 atom stereocenters. The predicted octanol–water partition coefficient (Wildman–Crippen LogP) is 5.30. The third kappa shape index (κ3) is 5.52. The lowest BCUT2D eigenvalue weighted by atomic mass is 9.92. The Hall–Kier alpha value is -3.84. The van der Waals surface area contributed by atoms with Crippen LogP contribution in [0.1, 0.15) is 41.5 Å². The first-order valence-electron chi connectivity index (χ1n) is 12.3. The molecule has 1 aromatic heterocycles. The van der Waals surface area contributed by atoms with E-state index < -0.39 is 0 Å². The van der Waals surface area contributed by atoms with Crippen LogP contribution in [0.25, 0.3) is 11.4 Å². The number of benzene rings is 3. The van der Waals surface area contributed by atoms with E-state index in [1.54, 1.807) is 12.1 Å². The zero-order valence-electron chi connectivity index (χ0n) is 20.2. The molecule has 1 fully saturated rings. The molecule has 4 aromatic rings. The van der Waals surface area contributed by atoms with E-state index in [2.05, 4.69) is 51.5 Å². The number of rotatable bonds is 7. The number of piperidine rings is 1. The van der Waals surface area contributed by atoms with Crippen molar-refractivity contribution >= 4 is 5.91 Å². The second-order valence-corrected chi connectivity index (χ2v) is 9.28. The largest absolute Gasteiger partial charge is 0.345 e. The van der Waals surface area contributed by atoms with E-state index >= 15 is 0 Å². The molecule has 1 N–H and O–H groups in total. The smallest absolute Gasteiger partial charge is 0.241 e. The van der Waals surface area contributed by atoms with Crippen LogP contribution in [0.4, 0.5) is 4.39 Å². The zero-order valence-corrected chi connectivity index (χ0v) is 20.2. The van der Waals surface area contributed by atoms with Crippen LogP contribution in [0.5, 0.6) is 0 Å². The summed E-state index contributed by atoms with van der Waals surface area (Å²) in [6.07, 6.45) is 1.53. The molecule has 1 unspecified atom stereocenters. The highest BCUT2D eigenvalue weighted by Gasteiger charge is 2.28. The molecule has 1 aliphatic rings. The van der Waals surface area contributed by atoms with Crippen molar-refractivity contribution in [2.45, 2.75) is 32.4 Å². The predicted molar refractivity (Wildman–Crippen MR) is 135 cm³/mol. The minimum atomic E-state index is -0.302. The van der Waals surface area contributed by atoms with E-state index in [1.807, 2.05) is 30.3 Å². The van der Waals surface area contributed by atoms with Crippen molar-refractivity contribution < 1.29 is 13.7 Å². The molecule has 36 heavy (non-hydrogen) atoms. The molecule has 2 heterocycles. The van der Waals surface area contributed by atoms with Gasteiger partial charge in [-0.15, -0.1) is 0 Å². The molecule has 0 radical (unpaired) electrons. The number of nitrogens with zero attached hydrogens (tertiary/aromatic N) is 3. The van der Waals surface area contributed by atoms with Gasteiger partial charge in [-0.2, -0.15) is 4.98 Å². The summed E-state index contributed by atoms with van der Waals surface area (Å²) >= 11 is 0. The fraction of sp³-hybridized carbons (Fsp3) is 0.276. The topological polar surface area (TPSA) is 71.3 Å². The van der Waals surface area contributed by atoms with E-state index in [1.165, 1.54) is 12.1 Å². The summed E-state index contributed by atoms with van der Waals surface area (Å²) in [7, 11) is 0. The van der Waals surface area contributed by atoms with Crippen molar-refractivity contribution in [3.8, 4) is 11.4 Å². The van der Waals surface area contributed by atoms with Gasteiger partial charge in [0.05, 0.1) is 12.6 Å². The zero-order chi connectivity index (χ0) is 24.9. The molecule has 1 amide bonds. The van der Waals surface area contributed by atoms with E-state index in [0.717, 1.165) is 42.6 Å². The minimum absolute atomic E-state index is 0.0473. The van der Waals surface area contributed by atoms with Gasteiger partial charge in [0.2, 0.25) is 17.6 Å². The van der Waals surface area contributed by atoms with E-state index in [-0.39, 0.29) is 23.7 Å². The Bertz CT molecular complexity index is 1300. The number of nitrogens with one attached hydrogen (secondary N) is 1. The number of aryl methyl sites for hydroxylation is 1. The summed E-state index contributed by atoms with van der Waals surface area (Å²) in [5, 5.41) is 7.35. The third-order valence-electron chi connectivity index (χ3n) is 6.81. The molecule has 0 aliphatic carbocycles. The highest BCUT2D eigenvalue weighted by Crippen LogP contribution is 2.27. The van der Waals surface area contributed by atoms with Crippen LogP contribution >= 0.6 is 0 Å². The first-order chi connectivity index (χ1) is 17.6. The Morgan fingerprint density at radius 1 is 1.03 bits per heavy atom. The van der Waals surface area contributed by atoms with Crippen molar-refractivity contribution in [2.24, 2.45) is 5.92 Å². The average Bonchev–Trinajstić information content (AvgIpc) is 3.37. The fourth-order valence-corrected chi connectivity index (χ4v) is 4.74. The molecule has 5 rings (SSSR count). The first kappa shape index (κ1) is 23.9. The number of likely N-dealkylation sites (tertiary alicyclic amines) is 1. The van der Waals surface area contributed by atoms with Gasteiger partial charge in [-0.25, -0.2) is 4.39 Å². The van der Waals surface area contributed by atoms with Gasteiger partial charge in [0.1, 0.15) is 5.82 Å². The Morgan fingerprint density at radius 3 is 2.44 bits per heavy atom. The van der Waals surface area contributed by atoms with Gasteiger partial charge in [0.15, 0.2) is 0 Å². The molecule has 0 spiro atoms. The highest BCUT2D eigenvalue weighted by atomic mass is 19.1. The molecule has 1 aliphatic heterocycles. The maximum Gasteiger partial charge on any atom is 0.241 e.